The molecule has 0 fully saturated rings. The molecular formula is C21H26N2. The van der Waals surface area contributed by atoms with E-state index in [1.54, 1.807) is 24.4 Å². The molecule has 0 rings (SSSR count). The molecule has 2 nitrogen and oxygen atoms in total. The summed E-state index contributed by atoms with van der Waals surface area (Å²) in [5.41, 5.74) is 3.86. The first-order chi connectivity index (χ1) is 11.1. The van der Waals surface area contributed by atoms with Crippen molar-refractivity contribution < 1.29 is 0 Å². The number of hydrogen-bond acceptors (Lipinski definition) is 2. The third kappa shape index (κ3) is 8.32. The lowest BCUT2D eigenvalue weighted by molar-refractivity contribution is 1.33. The van der Waals surface area contributed by atoms with Gasteiger partial charge in [-0.15, -0.1) is 0 Å². The molecule has 0 aromatic carbocycles. The van der Waals surface area contributed by atoms with Crippen LogP contribution in [0.2, 0.25) is 0 Å². The highest BCUT2D eigenvalue weighted by Gasteiger charge is 1.97. The van der Waals surface area contributed by atoms with E-state index in [0.717, 1.165) is 22.4 Å². The molecule has 0 aromatic rings. The summed E-state index contributed by atoms with van der Waals surface area (Å²) in [6.45, 7) is 13.3. The third-order valence-electron chi connectivity index (χ3n) is 2.88. The molecule has 0 aromatic heterocycles. The summed E-state index contributed by atoms with van der Waals surface area (Å²) in [6, 6.07) is 0. The van der Waals surface area contributed by atoms with Crippen LogP contribution in [-0.2, 0) is 0 Å². The third-order valence-corrected chi connectivity index (χ3v) is 2.88. The Morgan fingerprint density at radius 3 is 2.22 bits per heavy atom. The van der Waals surface area contributed by atoms with Crippen molar-refractivity contribution in [3.8, 4) is 0 Å². The topological polar surface area (TPSA) is 36.2 Å². The molecule has 0 aliphatic rings. The molecule has 120 valence electrons. The number of nitrogens with one attached hydrogen (secondary N) is 1. The summed E-state index contributed by atoms with van der Waals surface area (Å²) in [5.74, 6) is 0. The molecule has 0 saturated heterocycles. The molecule has 0 aliphatic heterocycles. The highest BCUT2D eigenvalue weighted by Crippen LogP contribution is 2.14. The number of aliphatic imine (C=N–C) groups is 1. The van der Waals surface area contributed by atoms with Crippen LogP contribution in [-0.4, -0.2) is 12.4 Å². The van der Waals surface area contributed by atoms with Gasteiger partial charge in [-0.25, -0.2) is 0 Å². The smallest absolute Gasteiger partial charge is 0.0659 e. The maximum absolute atomic E-state index is 7.21. The second kappa shape index (κ2) is 13.0. The zero-order chi connectivity index (χ0) is 17.5. The van der Waals surface area contributed by atoms with Crippen molar-refractivity contribution in [2.45, 2.75) is 20.8 Å². The van der Waals surface area contributed by atoms with E-state index in [1.165, 1.54) is 6.21 Å². The van der Waals surface area contributed by atoms with Gasteiger partial charge in [-0.2, -0.15) is 0 Å². The van der Waals surface area contributed by atoms with E-state index in [9.17, 15) is 0 Å². The van der Waals surface area contributed by atoms with E-state index >= 15 is 0 Å². The van der Waals surface area contributed by atoms with Gasteiger partial charge in [0, 0.05) is 12.4 Å². The molecule has 0 bridgehead atoms. The summed E-state index contributed by atoms with van der Waals surface area (Å²) < 4.78 is 0. The molecule has 23 heavy (non-hydrogen) atoms. The summed E-state index contributed by atoms with van der Waals surface area (Å²) in [4.78, 5) is 4.51. The Morgan fingerprint density at radius 1 is 0.957 bits per heavy atom. The van der Waals surface area contributed by atoms with Crippen LogP contribution in [0.4, 0.5) is 0 Å². The Labute approximate surface area is 140 Å². The quantitative estimate of drug-likeness (QED) is 0.406. The van der Waals surface area contributed by atoms with E-state index in [4.69, 9.17) is 5.41 Å². The minimum absolute atomic E-state index is 0.857. The Morgan fingerprint density at radius 2 is 1.70 bits per heavy atom. The van der Waals surface area contributed by atoms with Gasteiger partial charge >= 0.3 is 0 Å². The van der Waals surface area contributed by atoms with Crippen molar-refractivity contribution in [2.75, 3.05) is 0 Å². The van der Waals surface area contributed by atoms with Crippen molar-refractivity contribution >= 4 is 12.4 Å². The van der Waals surface area contributed by atoms with Crippen LogP contribution in [0.3, 0.4) is 0 Å². The Kier molecular flexibility index (Phi) is 11.4. The average Bonchev–Trinajstić information content (AvgIpc) is 2.55. The standard InChI is InChI=1S/C21H26N2/c1-6-10-13-20(12-8-3)21(9-4)23-17-15-18(5)19(11-7-2)14-16-22/h6-17,22H,1,3H2,2,4-5H3/b11-7-,13-10-,18-15+,19-14+,20-12+,21-9-,22-16?,23-17-. The van der Waals surface area contributed by atoms with Crippen molar-refractivity contribution in [1.29, 1.82) is 5.41 Å². The van der Waals surface area contributed by atoms with Crippen molar-refractivity contribution in [2.24, 2.45) is 4.99 Å². The van der Waals surface area contributed by atoms with Gasteiger partial charge in [0.05, 0.1) is 5.70 Å². The molecule has 1 N–H and O–H groups in total. The molecule has 0 amide bonds. The van der Waals surface area contributed by atoms with E-state index in [1.807, 2.05) is 63.3 Å². The molecule has 0 unspecified atom stereocenters. The summed E-state index contributed by atoms with van der Waals surface area (Å²) in [5, 5.41) is 7.21. The first-order valence-electron chi connectivity index (χ1n) is 7.47. The van der Waals surface area contributed by atoms with Crippen LogP contribution in [0.1, 0.15) is 20.8 Å². The van der Waals surface area contributed by atoms with Gasteiger partial charge in [0.1, 0.15) is 0 Å². The zero-order valence-electron chi connectivity index (χ0n) is 14.3. The van der Waals surface area contributed by atoms with Crippen LogP contribution in [0.5, 0.6) is 0 Å². The Bertz CT molecular complexity index is 618. The molecule has 0 atom stereocenters. The second-order valence-electron chi connectivity index (χ2n) is 4.54. The highest BCUT2D eigenvalue weighted by molar-refractivity contribution is 5.78. The molecular weight excluding hydrogens is 280 g/mol. The van der Waals surface area contributed by atoms with Gasteiger partial charge in [-0.1, -0.05) is 61.8 Å². The lowest BCUT2D eigenvalue weighted by Crippen LogP contribution is -1.86. The Hall–Kier alpha value is -2.74. The summed E-state index contributed by atoms with van der Waals surface area (Å²) in [6.07, 6.45) is 21.8. The van der Waals surface area contributed by atoms with Gasteiger partial charge < -0.3 is 5.41 Å². The van der Waals surface area contributed by atoms with Crippen molar-refractivity contribution in [3.63, 3.8) is 0 Å². The largest absolute Gasteiger partial charge is 0.309 e. The maximum atomic E-state index is 7.21. The average molecular weight is 306 g/mol. The number of hydrogen-bond donors (Lipinski definition) is 1. The predicted molar refractivity (Wildman–Crippen MR) is 105 cm³/mol. The minimum Gasteiger partial charge on any atom is -0.309 e. The van der Waals surface area contributed by atoms with Crippen LogP contribution < -0.4 is 0 Å². The fourth-order valence-electron chi connectivity index (χ4n) is 1.75. The van der Waals surface area contributed by atoms with Gasteiger partial charge in [0.25, 0.3) is 0 Å². The summed E-state index contributed by atoms with van der Waals surface area (Å²) in [7, 11) is 0. The SMILES string of the molecule is C=C\C=C/C(=C\C=C)C(=C/C)/N=C\C=C(C)\C(\C=C/C)=C\C=N. The summed E-state index contributed by atoms with van der Waals surface area (Å²) >= 11 is 0. The van der Waals surface area contributed by atoms with Crippen molar-refractivity contribution in [1.82, 2.24) is 0 Å². The number of nitrogens with zero attached hydrogens (tertiary/aromatic N) is 1. The molecule has 0 saturated carbocycles. The zero-order valence-corrected chi connectivity index (χ0v) is 14.3. The fourth-order valence-corrected chi connectivity index (χ4v) is 1.75. The van der Waals surface area contributed by atoms with Crippen LogP contribution in [0.15, 0.2) is 101 Å². The second-order valence-corrected chi connectivity index (χ2v) is 4.54. The van der Waals surface area contributed by atoms with E-state index in [2.05, 4.69) is 18.2 Å². The first kappa shape index (κ1) is 20.3. The lowest BCUT2D eigenvalue weighted by Gasteiger charge is -2.02. The van der Waals surface area contributed by atoms with Crippen LogP contribution >= 0.6 is 0 Å². The number of allylic oxidation sites excluding steroid dienone is 12. The van der Waals surface area contributed by atoms with Gasteiger partial charge in [-0.3, -0.25) is 4.99 Å². The van der Waals surface area contributed by atoms with Crippen LogP contribution in [0.25, 0.3) is 0 Å². The van der Waals surface area contributed by atoms with Crippen LogP contribution in [0, 0.1) is 5.41 Å². The molecule has 0 radical (unpaired) electrons. The van der Waals surface area contributed by atoms with Gasteiger partial charge in [-0.05, 0) is 49.6 Å². The normalized spacial score (nSPS) is 14.9. The molecule has 2 heteroatoms. The Balaban J connectivity index is 5.41. The lowest BCUT2D eigenvalue weighted by atomic mass is 10.1. The van der Waals surface area contributed by atoms with E-state index in [0.29, 0.717) is 0 Å². The maximum Gasteiger partial charge on any atom is 0.0659 e. The fraction of sp³-hybridized carbons (Fsp3) is 0.143. The molecule has 0 spiro atoms. The predicted octanol–water partition coefficient (Wildman–Crippen LogP) is 5.91. The number of rotatable bonds is 9. The van der Waals surface area contributed by atoms with E-state index < -0.39 is 0 Å². The van der Waals surface area contributed by atoms with Crippen molar-refractivity contribution in [3.05, 3.63) is 96.3 Å². The molecule has 0 aliphatic carbocycles. The molecule has 0 heterocycles. The van der Waals surface area contributed by atoms with Gasteiger partial charge in [0.15, 0.2) is 0 Å². The van der Waals surface area contributed by atoms with Gasteiger partial charge in [0.2, 0.25) is 0 Å². The van der Waals surface area contributed by atoms with E-state index in [-0.39, 0.29) is 0 Å². The first-order valence-corrected chi connectivity index (χ1v) is 7.47. The monoisotopic (exact) mass is 306 g/mol. The highest BCUT2D eigenvalue weighted by atomic mass is 14.7. The minimum atomic E-state index is 0.857.